The van der Waals surface area contributed by atoms with E-state index in [1.807, 2.05) is 25.1 Å². The molecule has 3 atom stereocenters. The maximum absolute atomic E-state index is 12.6. The first kappa shape index (κ1) is 22.8. The van der Waals surface area contributed by atoms with Crippen molar-refractivity contribution in [2.75, 3.05) is 19.7 Å². The summed E-state index contributed by atoms with van der Waals surface area (Å²) in [6.07, 6.45) is 5.52. The fourth-order valence-electron chi connectivity index (χ4n) is 5.07. The van der Waals surface area contributed by atoms with E-state index in [-0.39, 0.29) is 5.91 Å². The predicted molar refractivity (Wildman–Crippen MR) is 129 cm³/mol. The van der Waals surface area contributed by atoms with Crippen molar-refractivity contribution < 1.29 is 9.53 Å². The second-order valence-corrected chi connectivity index (χ2v) is 9.22. The van der Waals surface area contributed by atoms with Crippen LogP contribution in [0.25, 0.3) is 0 Å². The van der Waals surface area contributed by atoms with Crippen LogP contribution in [0, 0.1) is 0 Å². The van der Waals surface area contributed by atoms with Crippen LogP contribution >= 0.6 is 0 Å². The van der Waals surface area contributed by atoms with Crippen LogP contribution in [0.15, 0.2) is 48.5 Å². The van der Waals surface area contributed by atoms with Crippen molar-refractivity contribution in [3.05, 3.63) is 65.2 Å². The number of benzene rings is 2. The highest BCUT2D eigenvalue weighted by atomic mass is 16.5. The number of hydrogen-bond acceptors (Lipinski definition) is 4. The predicted octanol–water partition coefficient (Wildman–Crippen LogP) is 4.55. The molecule has 172 valence electrons. The molecule has 0 spiro atoms. The van der Waals surface area contributed by atoms with E-state index in [4.69, 9.17) is 4.74 Å². The molecule has 1 aliphatic carbocycles. The highest BCUT2D eigenvalue weighted by molar-refractivity contribution is 5.94. The summed E-state index contributed by atoms with van der Waals surface area (Å²) in [5.41, 5.74) is 3.38. The van der Waals surface area contributed by atoms with Crippen molar-refractivity contribution in [2.45, 2.75) is 70.0 Å². The molecule has 5 heteroatoms. The van der Waals surface area contributed by atoms with Gasteiger partial charge in [0.05, 0.1) is 6.61 Å². The van der Waals surface area contributed by atoms with Crippen molar-refractivity contribution in [3.63, 3.8) is 0 Å². The molecule has 2 aromatic carbocycles. The number of carbonyl (C=O) groups is 1. The summed E-state index contributed by atoms with van der Waals surface area (Å²) < 4.78 is 5.65. The highest BCUT2D eigenvalue weighted by Gasteiger charge is 2.27. The largest absolute Gasteiger partial charge is 0.494 e. The number of hydrogen-bond donors (Lipinski definition) is 3. The molecule has 1 heterocycles. The minimum absolute atomic E-state index is 0.0533. The normalized spacial score (nSPS) is 22.4. The Bertz CT molecular complexity index is 877. The van der Waals surface area contributed by atoms with Gasteiger partial charge in [-0.1, -0.05) is 24.3 Å². The van der Waals surface area contributed by atoms with Crippen molar-refractivity contribution in [3.8, 4) is 5.75 Å². The quantitative estimate of drug-likeness (QED) is 0.569. The van der Waals surface area contributed by atoms with Gasteiger partial charge in [-0.2, -0.15) is 0 Å². The van der Waals surface area contributed by atoms with E-state index in [0.717, 1.165) is 43.7 Å². The van der Waals surface area contributed by atoms with Gasteiger partial charge in [0.15, 0.2) is 0 Å². The van der Waals surface area contributed by atoms with Crippen molar-refractivity contribution in [2.24, 2.45) is 0 Å². The second-order valence-electron chi connectivity index (χ2n) is 9.22. The lowest BCUT2D eigenvalue weighted by molar-refractivity contribution is 0.0929. The summed E-state index contributed by atoms with van der Waals surface area (Å²) in [7, 11) is 0. The smallest absolute Gasteiger partial charge is 0.251 e. The molecule has 1 saturated heterocycles. The molecule has 5 nitrogen and oxygen atoms in total. The van der Waals surface area contributed by atoms with E-state index >= 15 is 0 Å². The molecule has 0 bridgehead atoms. The Labute approximate surface area is 192 Å². The third kappa shape index (κ3) is 5.90. The number of nitrogens with one attached hydrogen (secondary N) is 3. The zero-order chi connectivity index (χ0) is 22.3. The van der Waals surface area contributed by atoms with Gasteiger partial charge in [-0.25, -0.2) is 0 Å². The molecule has 4 rings (SSSR count). The van der Waals surface area contributed by atoms with Crippen molar-refractivity contribution >= 4 is 5.91 Å². The highest BCUT2D eigenvalue weighted by Crippen LogP contribution is 2.35. The van der Waals surface area contributed by atoms with Gasteiger partial charge in [0.1, 0.15) is 5.75 Å². The standard InChI is InChI=1S/C27H37N3O2/c1-3-32-26-6-4-5-22(18-26)19(2)29-25-12-11-23(17-25)20-7-9-21(10-8-20)27(31)30-24-13-15-28-16-14-24/h4-10,18-19,23-25,28-29H,3,11-17H2,1-2H3,(H,30,31)/t19-,23-,25+/m1/s1. The molecule has 32 heavy (non-hydrogen) atoms. The summed E-state index contributed by atoms with van der Waals surface area (Å²) in [5.74, 6) is 1.54. The summed E-state index contributed by atoms with van der Waals surface area (Å²) >= 11 is 0. The molecule has 2 fully saturated rings. The summed E-state index contributed by atoms with van der Waals surface area (Å²) in [5, 5.41) is 10.3. The molecule has 1 saturated carbocycles. The average Bonchev–Trinajstić information content (AvgIpc) is 3.29. The topological polar surface area (TPSA) is 62.4 Å². The van der Waals surface area contributed by atoms with Crippen molar-refractivity contribution in [1.29, 1.82) is 0 Å². The number of amides is 1. The maximum atomic E-state index is 12.6. The molecule has 1 amide bonds. The Morgan fingerprint density at radius 1 is 1.06 bits per heavy atom. The summed E-state index contributed by atoms with van der Waals surface area (Å²) in [6, 6.07) is 17.8. The molecule has 2 aromatic rings. The minimum Gasteiger partial charge on any atom is -0.494 e. The Kier molecular flexibility index (Phi) is 7.82. The molecule has 0 aromatic heterocycles. The van der Waals surface area contributed by atoms with Crippen LogP contribution in [0.5, 0.6) is 5.75 Å². The zero-order valence-corrected chi connectivity index (χ0v) is 19.4. The number of ether oxygens (including phenoxy) is 1. The molecule has 0 radical (unpaired) electrons. The third-order valence-electron chi connectivity index (χ3n) is 6.91. The Balaban J connectivity index is 1.29. The lowest BCUT2D eigenvalue weighted by Gasteiger charge is -2.23. The summed E-state index contributed by atoms with van der Waals surface area (Å²) in [6.45, 7) is 6.90. The van der Waals surface area contributed by atoms with Crippen LogP contribution in [-0.4, -0.2) is 37.7 Å². The average molecular weight is 436 g/mol. The first-order valence-corrected chi connectivity index (χ1v) is 12.2. The van der Waals surface area contributed by atoms with E-state index in [9.17, 15) is 4.79 Å². The van der Waals surface area contributed by atoms with Gasteiger partial charge < -0.3 is 20.7 Å². The van der Waals surface area contributed by atoms with Crippen LogP contribution in [0.1, 0.15) is 79.4 Å². The lowest BCUT2D eigenvalue weighted by atomic mass is 9.96. The van der Waals surface area contributed by atoms with Crippen molar-refractivity contribution in [1.82, 2.24) is 16.0 Å². The molecular formula is C27H37N3O2. The zero-order valence-electron chi connectivity index (χ0n) is 19.4. The maximum Gasteiger partial charge on any atom is 0.251 e. The van der Waals surface area contributed by atoms with Crippen LogP contribution in [-0.2, 0) is 0 Å². The molecular weight excluding hydrogens is 398 g/mol. The van der Waals surface area contributed by atoms with E-state index in [1.165, 1.54) is 24.0 Å². The monoisotopic (exact) mass is 435 g/mol. The second kappa shape index (κ2) is 11.0. The Morgan fingerprint density at radius 3 is 2.59 bits per heavy atom. The number of rotatable bonds is 8. The van der Waals surface area contributed by atoms with Crippen LogP contribution in [0.2, 0.25) is 0 Å². The van der Waals surface area contributed by atoms with Gasteiger partial charge >= 0.3 is 0 Å². The van der Waals surface area contributed by atoms with E-state index in [0.29, 0.717) is 30.7 Å². The van der Waals surface area contributed by atoms with Crippen LogP contribution in [0.4, 0.5) is 0 Å². The molecule has 1 aliphatic heterocycles. The third-order valence-corrected chi connectivity index (χ3v) is 6.91. The van der Waals surface area contributed by atoms with E-state index in [1.54, 1.807) is 0 Å². The minimum atomic E-state index is 0.0533. The fourth-order valence-corrected chi connectivity index (χ4v) is 5.07. The van der Waals surface area contributed by atoms with E-state index < -0.39 is 0 Å². The molecule has 0 unspecified atom stereocenters. The molecule has 2 aliphatic rings. The van der Waals surface area contributed by atoms with Gasteiger partial charge in [0, 0.05) is 23.7 Å². The van der Waals surface area contributed by atoms with E-state index in [2.05, 4.69) is 53.2 Å². The van der Waals surface area contributed by atoms with Gasteiger partial charge in [-0.15, -0.1) is 0 Å². The van der Waals surface area contributed by atoms with Gasteiger partial charge in [-0.3, -0.25) is 4.79 Å². The van der Waals surface area contributed by atoms with Gasteiger partial charge in [0.2, 0.25) is 0 Å². The Morgan fingerprint density at radius 2 is 1.84 bits per heavy atom. The lowest BCUT2D eigenvalue weighted by Crippen LogP contribution is -2.42. The first-order chi connectivity index (χ1) is 15.6. The van der Waals surface area contributed by atoms with Gasteiger partial charge in [0.25, 0.3) is 5.91 Å². The number of piperidine rings is 1. The fraction of sp³-hybridized carbons (Fsp3) is 0.519. The van der Waals surface area contributed by atoms with Crippen LogP contribution in [0.3, 0.4) is 0 Å². The number of carbonyl (C=O) groups excluding carboxylic acids is 1. The first-order valence-electron chi connectivity index (χ1n) is 12.2. The van der Waals surface area contributed by atoms with Gasteiger partial charge in [-0.05, 0) is 100 Å². The molecule has 3 N–H and O–H groups in total. The Hall–Kier alpha value is -2.37. The van der Waals surface area contributed by atoms with Crippen LogP contribution < -0.4 is 20.7 Å². The SMILES string of the molecule is CCOc1cccc([C@@H](C)N[C@H]2CC[C@@H](c3ccc(C(=O)NC4CCNCC4)cc3)C2)c1. The summed E-state index contributed by atoms with van der Waals surface area (Å²) in [4.78, 5) is 12.6.